The second-order valence-electron chi connectivity index (χ2n) is 7.60. The highest BCUT2D eigenvalue weighted by Crippen LogP contribution is 2.17. The van der Waals surface area contributed by atoms with Gasteiger partial charge in [0.25, 0.3) is 0 Å². The van der Waals surface area contributed by atoms with Crippen molar-refractivity contribution < 1.29 is 9.32 Å². The van der Waals surface area contributed by atoms with E-state index < -0.39 is 0 Å². The molecule has 2 fully saturated rings. The summed E-state index contributed by atoms with van der Waals surface area (Å²) in [5.74, 6) is 1.12. The predicted octanol–water partition coefficient (Wildman–Crippen LogP) is 2.33. The maximum absolute atomic E-state index is 12.4. The number of rotatable bonds is 5. The zero-order chi connectivity index (χ0) is 17.5. The summed E-state index contributed by atoms with van der Waals surface area (Å²) in [5.41, 5.74) is 0.930. The van der Waals surface area contributed by atoms with Gasteiger partial charge >= 0.3 is 0 Å². The van der Waals surface area contributed by atoms with Crippen LogP contribution in [0.3, 0.4) is 0 Å². The van der Waals surface area contributed by atoms with Gasteiger partial charge in [0.15, 0.2) is 5.76 Å². The quantitative estimate of drug-likeness (QED) is 0.885. The van der Waals surface area contributed by atoms with E-state index in [1.165, 1.54) is 32.1 Å². The Kier molecular flexibility index (Phi) is 6.87. The van der Waals surface area contributed by atoms with Gasteiger partial charge in [-0.25, -0.2) is 0 Å². The zero-order valence-corrected chi connectivity index (χ0v) is 15.5. The van der Waals surface area contributed by atoms with Crippen LogP contribution in [0.5, 0.6) is 0 Å². The van der Waals surface area contributed by atoms with Crippen LogP contribution in [0.4, 0.5) is 0 Å². The van der Waals surface area contributed by atoms with Gasteiger partial charge < -0.3 is 9.84 Å². The minimum absolute atomic E-state index is 0.199. The first-order chi connectivity index (χ1) is 12.2. The molecule has 0 atom stereocenters. The molecule has 3 rings (SSSR count). The first-order valence-corrected chi connectivity index (χ1v) is 9.85. The Balaban J connectivity index is 1.35. The van der Waals surface area contributed by atoms with Crippen molar-refractivity contribution in [3.8, 4) is 0 Å². The van der Waals surface area contributed by atoms with Crippen molar-refractivity contribution in [2.75, 3.05) is 32.7 Å². The summed E-state index contributed by atoms with van der Waals surface area (Å²) in [6.07, 6.45) is 8.80. The monoisotopic (exact) mass is 348 g/mol. The molecule has 2 aliphatic rings. The van der Waals surface area contributed by atoms with Crippen molar-refractivity contribution in [2.45, 2.75) is 64.5 Å². The lowest BCUT2D eigenvalue weighted by molar-refractivity contribution is -0.123. The molecule has 1 aliphatic heterocycles. The van der Waals surface area contributed by atoms with Crippen LogP contribution in [0, 0.1) is 6.92 Å². The molecule has 0 spiro atoms. The van der Waals surface area contributed by atoms with Crippen LogP contribution in [0.15, 0.2) is 10.6 Å². The summed E-state index contributed by atoms with van der Waals surface area (Å²) in [6, 6.07) is 2.39. The lowest BCUT2D eigenvalue weighted by Crippen LogP contribution is -2.50. The van der Waals surface area contributed by atoms with Crippen molar-refractivity contribution in [1.29, 1.82) is 0 Å². The lowest BCUT2D eigenvalue weighted by atomic mass is 9.97. The maximum atomic E-state index is 12.4. The molecule has 0 bridgehead atoms. The van der Waals surface area contributed by atoms with Gasteiger partial charge in [-0.15, -0.1) is 0 Å². The fourth-order valence-corrected chi connectivity index (χ4v) is 3.89. The van der Waals surface area contributed by atoms with Gasteiger partial charge in [-0.1, -0.05) is 37.3 Å². The molecule has 1 saturated heterocycles. The third-order valence-corrected chi connectivity index (χ3v) is 5.36. The standard InChI is InChI=1S/C19H32N4O2/c1-16-13-18(25-21-16)14-22-9-11-23(12-10-22)15-19(24)20-17-7-5-3-2-4-6-8-17/h13,17H,2-12,14-15H2,1H3,(H,20,24). The van der Waals surface area contributed by atoms with Gasteiger partial charge in [-0.2, -0.15) is 0 Å². The fourth-order valence-electron chi connectivity index (χ4n) is 3.89. The fraction of sp³-hybridized carbons (Fsp3) is 0.789. The molecule has 2 heterocycles. The Morgan fingerprint density at radius 2 is 1.76 bits per heavy atom. The third-order valence-electron chi connectivity index (χ3n) is 5.36. The summed E-state index contributed by atoms with van der Waals surface area (Å²) in [6.45, 7) is 7.09. The molecule has 1 saturated carbocycles. The molecular formula is C19H32N4O2. The average molecular weight is 348 g/mol. The Hall–Kier alpha value is -1.40. The molecule has 1 amide bonds. The van der Waals surface area contributed by atoms with Crippen molar-refractivity contribution in [2.24, 2.45) is 0 Å². The van der Waals surface area contributed by atoms with E-state index in [2.05, 4.69) is 20.3 Å². The SMILES string of the molecule is Cc1cc(CN2CCN(CC(=O)NC3CCCCCCC3)CC2)on1. The number of hydrogen-bond acceptors (Lipinski definition) is 5. The summed E-state index contributed by atoms with van der Waals surface area (Å²) in [7, 11) is 0. The Morgan fingerprint density at radius 1 is 1.12 bits per heavy atom. The van der Waals surface area contributed by atoms with Gasteiger partial charge in [0.05, 0.1) is 18.8 Å². The zero-order valence-electron chi connectivity index (χ0n) is 15.5. The molecule has 140 valence electrons. The number of carbonyl (C=O) groups is 1. The highest BCUT2D eigenvalue weighted by molar-refractivity contribution is 5.78. The number of aromatic nitrogens is 1. The summed E-state index contributed by atoms with van der Waals surface area (Å²) in [4.78, 5) is 17.0. The molecule has 1 N–H and O–H groups in total. The van der Waals surface area contributed by atoms with E-state index in [1.807, 2.05) is 13.0 Å². The minimum atomic E-state index is 0.199. The van der Waals surface area contributed by atoms with Crippen LogP contribution < -0.4 is 5.32 Å². The van der Waals surface area contributed by atoms with Crippen LogP contribution in [-0.4, -0.2) is 59.6 Å². The molecule has 25 heavy (non-hydrogen) atoms. The van der Waals surface area contributed by atoms with E-state index in [0.29, 0.717) is 12.6 Å². The van der Waals surface area contributed by atoms with Gasteiger partial charge in [-0.3, -0.25) is 14.6 Å². The molecule has 1 aliphatic carbocycles. The molecule has 6 heteroatoms. The normalized spacial score (nSPS) is 21.6. The van der Waals surface area contributed by atoms with Crippen molar-refractivity contribution in [3.05, 3.63) is 17.5 Å². The molecule has 0 aromatic carbocycles. The minimum Gasteiger partial charge on any atom is -0.360 e. The molecule has 0 radical (unpaired) electrons. The number of carbonyl (C=O) groups excluding carboxylic acids is 1. The smallest absolute Gasteiger partial charge is 0.234 e. The molecular weight excluding hydrogens is 316 g/mol. The second-order valence-corrected chi connectivity index (χ2v) is 7.60. The van der Waals surface area contributed by atoms with E-state index in [4.69, 9.17) is 4.52 Å². The Bertz CT molecular complexity index is 529. The molecule has 0 unspecified atom stereocenters. The van der Waals surface area contributed by atoms with Crippen LogP contribution in [0.25, 0.3) is 0 Å². The number of aryl methyl sites for hydroxylation is 1. The summed E-state index contributed by atoms with van der Waals surface area (Å²) >= 11 is 0. The lowest BCUT2D eigenvalue weighted by Gasteiger charge is -2.34. The maximum Gasteiger partial charge on any atom is 0.234 e. The van der Waals surface area contributed by atoms with E-state index in [1.54, 1.807) is 0 Å². The van der Waals surface area contributed by atoms with Crippen molar-refractivity contribution in [3.63, 3.8) is 0 Å². The van der Waals surface area contributed by atoms with Crippen LogP contribution in [0.2, 0.25) is 0 Å². The van der Waals surface area contributed by atoms with Gasteiger partial charge in [0, 0.05) is 38.3 Å². The first-order valence-electron chi connectivity index (χ1n) is 9.85. The first kappa shape index (κ1) is 18.4. The Morgan fingerprint density at radius 3 is 2.40 bits per heavy atom. The Labute approximate surface area is 150 Å². The molecule has 6 nitrogen and oxygen atoms in total. The predicted molar refractivity (Wildman–Crippen MR) is 97.2 cm³/mol. The average Bonchev–Trinajstić information content (AvgIpc) is 2.97. The number of nitrogens with zero attached hydrogens (tertiary/aromatic N) is 3. The summed E-state index contributed by atoms with van der Waals surface area (Å²) in [5, 5.41) is 7.21. The second kappa shape index (κ2) is 9.34. The van der Waals surface area contributed by atoms with E-state index in [9.17, 15) is 4.79 Å². The van der Waals surface area contributed by atoms with Gasteiger partial charge in [-0.05, 0) is 19.8 Å². The number of piperazine rings is 1. The summed E-state index contributed by atoms with van der Waals surface area (Å²) < 4.78 is 5.29. The van der Waals surface area contributed by atoms with Gasteiger partial charge in [0.2, 0.25) is 5.91 Å². The topological polar surface area (TPSA) is 61.6 Å². The van der Waals surface area contributed by atoms with E-state index in [0.717, 1.165) is 57.0 Å². The molecule has 1 aromatic heterocycles. The van der Waals surface area contributed by atoms with Crippen molar-refractivity contribution >= 4 is 5.91 Å². The van der Waals surface area contributed by atoms with E-state index >= 15 is 0 Å². The van der Waals surface area contributed by atoms with Crippen LogP contribution >= 0.6 is 0 Å². The van der Waals surface area contributed by atoms with Crippen molar-refractivity contribution in [1.82, 2.24) is 20.3 Å². The highest BCUT2D eigenvalue weighted by atomic mass is 16.5. The largest absolute Gasteiger partial charge is 0.360 e. The number of nitrogens with one attached hydrogen (secondary N) is 1. The molecule has 1 aromatic rings. The van der Waals surface area contributed by atoms with Crippen LogP contribution in [0.1, 0.15) is 56.4 Å². The van der Waals surface area contributed by atoms with Crippen LogP contribution in [-0.2, 0) is 11.3 Å². The number of hydrogen-bond donors (Lipinski definition) is 1. The third kappa shape index (κ3) is 6.12. The highest BCUT2D eigenvalue weighted by Gasteiger charge is 2.21. The van der Waals surface area contributed by atoms with E-state index in [-0.39, 0.29) is 5.91 Å². The number of amides is 1. The van der Waals surface area contributed by atoms with Gasteiger partial charge in [0.1, 0.15) is 0 Å².